The van der Waals surface area contributed by atoms with Crippen molar-refractivity contribution in [3.63, 3.8) is 0 Å². The standard InChI is InChI=1S/C33H27O4P/c1-35-28-19-16-22-10-4-7-13-25(22)31(28)38(34,32-26-14-8-5-11-23(26)17-20-29(32)36-2)33-27-15-9-6-12-24(27)18-21-30(33)37-3/h4-21H,1-3H3. The maximum absolute atomic E-state index is 16.6. The fraction of sp³-hybridized carbons (Fsp3) is 0.0909. The summed E-state index contributed by atoms with van der Waals surface area (Å²) in [6.07, 6.45) is 0. The number of benzene rings is 6. The van der Waals surface area contributed by atoms with Gasteiger partial charge in [-0.3, -0.25) is 0 Å². The number of fused-ring (bicyclic) bond motifs is 3. The lowest BCUT2D eigenvalue weighted by Crippen LogP contribution is -2.30. The van der Waals surface area contributed by atoms with Gasteiger partial charge in [0.05, 0.1) is 37.2 Å². The van der Waals surface area contributed by atoms with E-state index in [1.165, 1.54) is 0 Å². The first-order valence-electron chi connectivity index (χ1n) is 12.4. The highest BCUT2D eigenvalue weighted by molar-refractivity contribution is 7.87. The van der Waals surface area contributed by atoms with Crippen LogP contribution in [-0.4, -0.2) is 21.3 Å². The monoisotopic (exact) mass is 518 g/mol. The van der Waals surface area contributed by atoms with Crippen LogP contribution in [-0.2, 0) is 4.57 Å². The zero-order chi connectivity index (χ0) is 26.3. The third-order valence-electron chi connectivity index (χ3n) is 7.20. The quantitative estimate of drug-likeness (QED) is 0.227. The zero-order valence-electron chi connectivity index (χ0n) is 21.5. The van der Waals surface area contributed by atoms with Crippen molar-refractivity contribution >= 4 is 55.4 Å². The van der Waals surface area contributed by atoms with Gasteiger partial charge in [0.15, 0.2) is 7.14 Å². The molecule has 0 spiro atoms. The van der Waals surface area contributed by atoms with Gasteiger partial charge in [0.1, 0.15) is 17.2 Å². The van der Waals surface area contributed by atoms with E-state index in [0.717, 1.165) is 32.3 Å². The minimum Gasteiger partial charge on any atom is -0.496 e. The summed E-state index contributed by atoms with van der Waals surface area (Å²) in [7, 11) is 1.12. The Hall–Kier alpha value is -4.27. The van der Waals surface area contributed by atoms with Gasteiger partial charge >= 0.3 is 0 Å². The summed E-state index contributed by atoms with van der Waals surface area (Å²) in [4.78, 5) is 0. The van der Waals surface area contributed by atoms with Gasteiger partial charge in [-0.25, -0.2) is 0 Å². The molecule has 0 aliphatic rings. The van der Waals surface area contributed by atoms with Gasteiger partial charge in [0, 0.05) is 0 Å². The average Bonchev–Trinajstić information content (AvgIpc) is 2.98. The average molecular weight is 519 g/mol. The second-order valence-electron chi connectivity index (χ2n) is 9.12. The van der Waals surface area contributed by atoms with E-state index in [0.29, 0.717) is 33.2 Å². The maximum atomic E-state index is 16.6. The molecule has 38 heavy (non-hydrogen) atoms. The summed E-state index contributed by atoms with van der Waals surface area (Å²) in [5.74, 6) is 1.66. The zero-order valence-corrected chi connectivity index (χ0v) is 22.4. The van der Waals surface area contributed by atoms with Gasteiger partial charge in [-0.2, -0.15) is 0 Å². The predicted molar refractivity (Wildman–Crippen MR) is 158 cm³/mol. The molecule has 0 unspecified atom stereocenters. The normalized spacial score (nSPS) is 11.7. The number of ether oxygens (including phenoxy) is 3. The molecule has 0 atom stereocenters. The van der Waals surface area contributed by atoms with Gasteiger partial charge < -0.3 is 18.8 Å². The van der Waals surface area contributed by atoms with E-state index in [9.17, 15) is 0 Å². The summed E-state index contributed by atoms with van der Waals surface area (Å²) in [6.45, 7) is 0. The van der Waals surface area contributed by atoms with E-state index in [1.54, 1.807) is 21.3 Å². The molecule has 0 saturated heterocycles. The highest BCUT2D eigenvalue weighted by atomic mass is 31.2. The molecule has 0 saturated carbocycles. The van der Waals surface area contributed by atoms with Crippen molar-refractivity contribution in [2.75, 3.05) is 21.3 Å². The van der Waals surface area contributed by atoms with E-state index in [1.807, 2.05) is 109 Å². The molecule has 0 aromatic heterocycles. The molecule has 188 valence electrons. The number of rotatable bonds is 6. The van der Waals surface area contributed by atoms with Crippen LogP contribution in [0.3, 0.4) is 0 Å². The summed E-state index contributed by atoms with van der Waals surface area (Å²) in [6, 6.07) is 35.7. The molecule has 6 rings (SSSR count). The molecule has 0 aliphatic carbocycles. The molecule has 0 N–H and O–H groups in total. The first-order chi connectivity index (χ1) is 18.6. The van der Waals surface area contributed by atoms with Crippen molar-refractivity contribution in [1.29, 1.82) is 0 Å². The second kappa shape index (κ2) is 9.55. The van der Waals surface area contributed by atoms with Gasteiger partial charge in [0.2, 0.25) is 0 Å². The molecule has 0 heterocycles. The third-order valence-corrected chi connectivity index (χ3v) is 10.5. The van der Waals surface area contributed by atoms with Crippen LogP contribution >= 0.6 is 7.14 Å². The van der Waals surface area contributed by atoms with Crippen LogP contribution in [0.25, 0.3) is 32.3 Å². The molecular weight excluding hydrogens is 491 g/mol. The fourth-order valence-electron chi connectivity index (χ4n) is 5.51. The van der Waals surface area contributed by atoms with E-state index in [4.69, 9.17) is 14.2 Å². The highest BCUT2D eigenvalue weighted by Crippen LogP contribution is 2.54. The molecule has 5 heteroatoms. The van der Waals surface area contributed by atoms with Gasteiger partial charge in [-0.05, 0) is 50.5 Å². The topological polar surface area (TPSA) is 44.8 Å². The highest BCUT2D eigenvalue weighted by Gasteiger charge is 2.41. The van der Waals surface area contributed by atoms with Crippen LogP contribution in [0.4, 0.5) is 0 Å². The van der Waals surface area contributed by atoms with Gasteiger partial charge in [0.25, 0.3) is 0 Å². The van der Waals surface area contributed by atoms with Crippen molar-refractivity contribution in [2.24, 2.45) is 0 Å². The molecule has 6 aromatic carbocycles. The molecule has 6 aromatic rings. The molecule has 0 amide bonds. The Morgan fingerprint density at radius 2 is 0.711 bits per heavy atom. The molecule has 4 nitrogen and oxygen atoms in total. The molecule has 0 aliphatic heterocycles. The van der Waals surface area contributed by atoms with Crippen molar-refractivity contribution in [1.82, 2.24) is 0 Å². The smallest absolute Gasteiger partial charge is 0.183 e. The number of hydrogen-bond acceptors (Lipinski definition) is 4. The summed E-state index contributed by atoms with van der Waals surface area (Å²) < 4.78 is 34.4. The van der Waals surface area contributed by atoms with Crippen molar-refractivity contribution in [3.8, 4) is 17.2 Å². The van der Waals surface area contributed by atoms with E-state index in [2.05, 4.69) is 0 Å². The van der Waals surface area contributed by atoms with Gasteiger partial charge in [-0.1, -0.05) is 91.0 Å². The summed E-state index contributed by atoms with van der Waals surface area (Å²) >= 11 is 0. The van der Waals surface area contributed by atoms with Crippen LogP contribution in [0, 0.1) is 0 Å². The molecular formula is C33H27O4P. The predicted octanol–water partition coefficient (Wildman–Crippen LogP) is 6.81. The van der Waals surface area contributed by atoms with Crippen LogP contribution in [0.2, 0.25) is 0 Å². The Kier molecular flexibility index (Phi) is 6.06. The van der Waals surface area contributed by atoms with Crippen LogP contribution < -0.4 is 30.1 Å². The minimum absolute atomic E-state index is 0.553. The van der Waals surface area contributed by atoms with Crippen molar-refractivity contribution in [3.05, 3.63) is 109 Å². The Morgan fingerprint density at radius 1 is 0.421 bits per heavy atom. The van der Waals surface area contributed by atoms with Crippen LogP contribution in [0.1, 0.15) is 0 Å². The van der Waals surface area contributed by atoms with E-state index >= 15 is 4.57 Å². The molecule has 0 radical (unpaired) electrons. The largest absolute Gasteiger partial charge is 0.496 e. The maximum Gasteiger partial charge on any atom is 0.183 e. The first-order valence-corrected chi connectivity index (χ1v) is 14.1. The summed E-state index contributed by atoms with van der Waals surface area (Å²) in [5.41, 5.74) is 0. The number of hydrogen-bond donors (Lipinski definition) is 0. The Labute approximate surface area is 221 Å². The third kappa shape index (κ3) is 3.56. The molecule has 0 bridgehead atoms. The summed E-state index contributed by atoms with van der Waals surface area (Å²) in [5, 5.41) is 7.39. The van der Waals surface area contributed by atoms with Crippen LogP contribution in [0.15, 0.2) is 109 Å². The number of methoxy groups -OCH3 is 3. The Bertz CT molecular complexity index is 1660. The minimum atomic E-state index is -3.75. The van der Waals surface area contributed by atoms with Crippen molar-refractivity contribution in [2.45, 2.75) is 0 Å². The first kappa shape index (κ1) is 24.1. The van der Waals surface area contributed by atoms with E-state index < -0.39 is 7.14 Å². The lowest BCUT2D eigenvalue weighted by Gasteiger charge is -2.28. The Morgan fingerprint density at radius 3 is 1.00 bits per heavy atom. The lowest BCUT2D eigenvalue weighted by molar-refractivity contribution is 0.416. The van der Waals surface area contributed by atoms with E-state index in [-0.39, 0.29) is 0 Å². The van der Waals surface area contributed by atoms with Crippen LogP contribution in [0.5, 0.6) is 17.2 Å². The fourth-order valence-corrected chi connectivity index (χ4v) is 9.24. The lowest BCUT2D eigenvalue weighted by atomic mass is 10.1. The van der Waals surface area contributed by atoms with Gasteiger partial charge in [-0.15, -0.1) is 0 Å². The SMILES string of the molecule is COc1ccc2ccccc2c1P(=O)(c1c(OC)ccc2ccccc12)c1c(OC)ccc2ccccc12. The Balaban J connectivity index is 1.93. The van der Waals surface area contributed by atoms with Crippen molar-refractivity contribution < 1.29 is 18.8 Å². The second-order valence-corrected chi connectivity index (χ2v) is 11.7. The molecule has 0 fully saturated rings.